The molecule has 1 aliphatic heterocycles. The van der Waals surface area contributed by atoms with E-state index in [1.54, 1.807) is 30.9 Å². The van der Waals surface area contributed by atoms with Crippen LogP contribution < -0.4 is 9.46 Å². The molecule has 1 aliphatic rings. The van der Waals surface area contributed by atoms with Crippen molar-refractivity contribution in [1.29, 1.82) is 0 Å². The minimum Gasteiger partial charge on any atom is -0.495 e. The zero-order valence-electron chi connectivity index (χ0n) is 16.7. The van der Waals surface area contributed by atoms with Gasteiger partial charge in [-0.1, -0.05) is 6.07 Å². The van der Waals surface area contributed by atoms with E-state index in [4.69, 9.17) is 9.47 Å². The van der Waals surface area contributed by atoms with Gasteiger partial charge in [0.1, 0.15) is 10.6 Å². The van der Waals surface area contributed by atoms with E-state index in [2.05, 4.69) is 4.72 Å². The number of piperidine rings is 1. The molecule has 2 rings (SSSR count). The van der Waals surface area contributed by atoms with Crippen LogP contribution in [0.4, 0.5) is 0 Å². The van der Waals surface area contributed by atoms with Crippen molar-refractivity contribution < 1.29 is 27.5 Å². The molecule has 0 bridgehead atoms. The summed E-state index contributed by atoms with van der Waals surface area (Å²) in [4.78, 5) is 26.1. The number of likely N-dealkylation sites (tertiary alicyclic amines) is 1. The van der Waals surface area contributed by atoms with Crippen LogP contribution in [0.25, 0.3) is 0 Å². The third-order valence-electron chi connectivity index (χ3n) is 4.74. The third kappa shape index (κ3) is 5.23. The number of hydrogen-bond donors (Lipinski definition) is 1. The molecule has 0 saturated carbocycles. The van der Waals surface area contributed by atoms with Gasteiger partial charge in [-0.2, -0.15) is 4.72 Å². The minimum atomic E-state index is -3.94. The fourth-order valence-electron chi connectivity index (χ4n) is 3.21. The van der Waals surface area contributed by atoms with Gasteiger partial charge in [0.25, 0.3) is 0 Å². The van der Waals surface area contributed by atoms with Crippen molar-refractivity contribution in [3.05, 3.63) is 23.8 Å². The fraction of sp³-hybridized carbons (Fsp3) is 0.579. The molecule has 0 aromatic heterocycles. The maximum absolute atomic E-state index is 12.8. The Labute approximate surface area is 166 Å². The van der Waals surface area contributed by atoms with Crippen LogP contribution >= 0.6 is 0 Å². The minimum absolute atomic E-state index is 0.00401. The Morgan fingerprint density at radius 3 is 2.50 bits per heavy atom. The number of nitrogens with one attached hydrogen (secondary N) is 1. The monoisotopic (exact) mass is 412 g/mol. The summed E-state index contributed by atoms with van der Waals surface area (Å²) in [6, 6.07) is 3.90. The Morgan fingerprint density at radius 1 is 1.29 bits per heavy atom. The Hall–Kier alpha value is -2.13. The number of carbonyl (C=O) groups excluding carboxylic acids is 2. The van der Waals surface area contributed by atoms with Crippen molar-refractivity contribution in [3.63, 3.8) is 0 Å². The Morgan fingerprint density at radius 2 is 1.93 bits per heavy atom. The molecule has 8 nitrogen and oxygen atoms in total. The number of ether oxygens (including phenoxy) is 2. The summed E-state index contributed by atoms with van der Waals surface area (Å²) in [6.07, 6.45) is 1.02. The second-order valence-corrected chi connectivity index (χ2v) is 8.53. The topological polar surface area (TPSA) is 102 Å². The molecule has 1 aromatic carbocycles. The number of aryl methyl sites for hydroxylation is 1. The first-order valence-electron chi connectivity index (χ1n) is 9.32. The highest BCUT2D eigenvalue weighted by Crippen LogP contribution is 2.25. The largest absolute Gasteiger partial charge is 0.495 e. The number of benzene rings is 1. The van der Waals surface area contributed by atoms with Crippen LogP contribution in [0.15, 0.2) is 23.1 Å². The number of amides is 1. The molecule has 1 amide bonds. The van der Waals surface area contributed by atoms with Gasteiger partial charge in [0.15, 0.2) is 0 Å². The van der Waals surface area contributed by atoms with Crippen molar-refractivity contribution in [1.82, 2.24) is 9.62 Å². The van der Waals surface area contributed by atoms with E-state index in [1.165, 1.54) is 20.1 Å². The first kappa shape index (κ1) is 22.2. The number of sulfonamides is 1. The highest BCUT2D eigenvalue weighted by atomic mass is 32.2. The summed E-state index contributed by atoms with van der Waals surface area (Å²) >= 11 is 0. The predicted molar refractivity (Wildman–Crippen MR) is 103 cm³/mol. The number of rotatable bonds is 7. The molecule has 1 N–H and O–H groups in total. The molecule has 0 aliphatic carbocycles. The molecule has 0 spiro atoms. The van der Waals surface area contributed by atoms with E-state index in [0.29, 0.717) is 32.5 Å². The number of hydrogen-bond acceptors (Lipinski definition) is 6. The van der Waals surface area contributed by atoms with Gasteiger partial charge in [-0.05, 0) is 51.3 Å². The van der Waals surface area contributed by atoms with E-state index < -0.39 is 16.1 Å². The molecule has 0 radical (unpaired) electrons. The zero-order valence-corrected chi connectivity index (χ0v) is 17.5. The normalized spacial score (nSPS) is 16.5. The molecule has 1 saturated heterocycles. The van der Waals surface area contributed by atoms with Gasteiger partial charge < -0.3 is 14.4 Å². The van der Waals surface area contributed by atoms with E-state index in [9.17, 15) is 18.0 Å². The lowest BCUT2D eigenvalue weighted by Crippen LogP contribution is -2.50. The molecule has 1 aromatic rings. The second kappa shape index (κ2) is 9.38. The average molecular weight is 413 g/mol. The Bertz CT molecular complexity index is 816. The summed E-state index contributed by atoms with van der Waals surface area (Å²) in [5.41, 5.74) is 0.765. The lowest BCUT2D eigenvalue weighted by Gasteiger charge is -2.32. The Balaban J connectivity index is 2.03. The highest BCUT2D eigenvalue weighted by Gasteiger charge is 2.32. The highest BCUT2D eigenvalue weighted by molar-refractivity contribution is 7.89. The van der Waals surface area contributed by atoms with Crippen molar-refractivity contribution in [3.8, 4) is 5.75 Å². The maximum Gasteiger partial charge on any atom is 0.309 e. The molecule has 1 atom stereocenters. The zero-order chi connectivity index (χ0) is 20.9. The van der Waals surface area contributed by atoms with E-state index in [0.717, 1.165) is 5.56 Å². The van der Waals surface area contributed by atoms with E-state index in [-0.39, 0.29) is 28.4 Å². The smallest absolute Gasteiger partial charge is 0.309 e. The van der Waals surface area contributed by atoms with Gasteiger partial charge in [0.2, 0.25) is 15.9 Å². The first-order valence-corrected chi connectivity index (χ1v) is 10.8. The molecule has 28 heavy (non-hydrogen) atoms. The molecular weight excluding hydrogens is 384 g/mol. The quantitative estimate of drug-likeness (QED) is 0.681. The Kier molecular flexibility index (Phi) is 7.42. The van der Waals surface area contributed by atoms with Crippen LogP contribution in [0.2, 0.25) is 0 Å². The molecule has 1 fully saturated rings. The number of carbonyl (C=O) groups is 2. The van der Waals surface area contributed by atoms with Crippen LogP contribution in [0.5, 0.6) is 5.75 Å². The summed E-state index contributed by atoms with van der Waals surface area (Å²) in [6.45, 7) is 6.16. The van der Waals surface area contributed by atoms with Crippen LogP contribution in [0.1, 0.15) is 32.3 Å². The van der Waals surface area contributed by atoms with Gasteiger partial charge in [-0.15, -0.1) is 0 Å². The number of nitrogens with zero attached hydrogens (tertiary/aromatic N) is 1. The standard InChI is InChI=1S/C19H28N2O6S/c1-5-27-19(23)15-8-10-21(11-9-15)18(22)14(3)20-28(24,25)17-12-13(2)6-7-16(17)26-4/h6-7,12,14-15,20H,5,8-11H2,1-4H3/t14-/m1/s1. The summed E-state index contributed by atoms with van der Waals surface area (Å²) in [5.74, 6) is -0.562. The molecule has 9 heteroatoms. The van der Waals surface area contributed by atoms with E-state index in [1.807, 2.05) is 0 Å². The molecule has 156 valence electrons. The van der Waals surface area contributed by atoms with Gasteiger partial charge in [-0.3, -0.25) is 9.59 Å². The van der Waals surface area contributed by atoms with Crippen molar-refractivity contribution >= 4 is 21.9 Å². The summed E-state index contributed by atoms with van der Waals surface area (Å²) in [5, 5.41) is 0. The van der Waals surface area contributed by atoms with Crippen LogP contribution in [0.3, 0.4) is 0 Å². The summed E-state index contributed by atoms with van der Waals surface area (Å²) < 4.78 is 38.1. The van der Waals surface area contributed by atoms with Crippen LogP contribution in [-0.2, 0) is 24.3 Å². The van der Waals surface area contributed by atoms with E-state index >= 15 is 0 Å². The first-order chi connectivity index (χ1) is 13.2. The fourth-order valence-corrected chi connectivity index (χ4v) is 4.66. The second-order valence-electron chi connectivity index (χ2n) is 6.85. The maximum atomic E-state index is 12.8. The lowest BCUT2D eigenvalue weighted by atomic mass is 9.96. The number of methoxy groups -OCH3 is 1. The third-order valence-corrected chi connectivity index (χ3v) is 6.30. The van der Waals surface area contributed by atoms with Gasteiger partial charge in [-0.25, -0.2) is 8.42 Å². The van der Waals surface area contributed by atoms with Crippen LogP contribution in [0, 0.1) is 12.8 Å². The summed E-state index contributed by atoms with van der Waals surface area (Å²) in [7, 11) is -2.54. The average Bonchev–Trinajstić information content (AvgIpc) is 2.67. The van der Waals surface area contributed by atoms with Gasteiger partial charge >= 0.3 is 5.97 Å². The van der Waals surface area contributed by atoms with Gasteiger partial charge in [0.05, 0.1) is 25.7 Å². The van der Waals surface area contributed by atoms with Gasteiger partial charge in [0, 0.05) is 13.1 Å². The number of esters is 1. The predicted octanol–water partition coefficient (Wildman–Crippen LogP) is 1.47. The molecule has 1 heterocycles. The molecular formula is C19H28N2O6S. The lowest BCUT2D eigenvalue weighted by molar-refractivity contribution is -0.151. The van der Waals surface area contributed by atoms with Crippen LogP contribution in [-0.4, -0.2) is 58.0 Å². The van der Waals surface area contributed by atoms with Crippen molar-refractivity contribution in [2.75, 3.05) is 26.8 Å². The SMILES string of the molecule is CCOC(=O)C1CCN(C(=O)[C@@H](C)NS(=O)(=O)c2cc(C)ccc2OC)CC1. The molecule has 0 unspecified atom stereocenters. The van der Waals surface area contributed by atoms with Crippen molar-refractivity contribution in [2.45, 2.75) is 44.6 Å². The van der Waals surface area contributed by atoms with Crippen molar-refractivity contribution in [2.24, 2.45) is 5.92 Å².